The van der Waals surface area contributed by atoms with Gasteiger partial charge in [0.05, 0.1) is 5.39 Å². The van der Waals surface area contributed by atoms with Gasteiger partial charge < -0.3 is 4.42 Å². The summed E-state index contributed by atoms with van der Waals surface area (Å²) in [5.74, 6) is -1.36. The lowest BCUT2D eigenvalue weighted by atomic mass is 10.2. The molecule has 23 heavy (non-hydrogen) atoms. The second-order valence-electron chi connectivity index (χ2n) is 4.75. The molecule has 2 amide bonds. The van der Waals surface area contributed by atoms with Gasteiger partial charge in [-0.15, -0.1) is 0 Å². The van der Waals surface area contributed by atoms with Gasteiger partial charge in [-0.3, -0.25) is 25.2 Å². The fourth-order valence-corrected chi connectivity index (χ4v) is 2.05. The van der Waals surface area contributed by atoms with E-state index >= 15 is 0 Å². The van der Waals surface area contributed by atoms with Gasteiger partial charge in [-0.25, -0.2) is 0 Å². The lowest BCUT2D eigenvalue weighted by Crippen LogP contribution is -2.41. The molecule has 1 heterocycles. The van der Waals surface area contributed by atoms with Crippen molar-refractivity contribution in [3.63, 3.8) is 0 Å². The summed E-state index contributed by atoms with van der Waals surface area (Å²) < 4.78 is 5.38. The standard InChI is InChI=1S/C17H12N2O4/c20-13-10-15(23-14-9-5-4-8-12(13)14)17(22)19-18-16(21)11-6-2-1-3-7-11/h1-10H,(H,18,21)(H,19,22). The minimum atomic E-state index is -0.711. The lowest BCUT2D eigenvalue weighted by molar-refractivity contribution is 0.0831. The van der Waals surface area contributed by atoms with Crippen molar-refractivity contribution in [3.05, 3.63) is 82.2 Å². The third kappa shape index (κ3) is 3.11. The second-order valence-corrected chi connectivity index (χ2v) is 4.75. The summed E-state index contributed by atoms with van der Waals surface area (Å²) in [6.45, 7) is 0. The van der Waals surface area contributed by atoms with Gasteiger partial charge in [-0.2, -0.15) is 0 Å². The minimum Gasteiger partial charge on any atom is -0.451 e. The largest absolute Gasteiger partial charge is 0.451 e. The summed E-state index contributed by atoms with van der Waals surface area (Å²) in [5.41, 5.74) is 4.86. The average Bonchev–Trinajstić information content (AvgIpc) is 2.60. The topological polar surface area (TPSA) is 88.4 Å². The third-order valence-corrected chi connectivity index (χ3v) is 3.18. The van der Waals surface area contributed by atoms with Gasteiger partial charge in [0.15, 0.2) is 11.2 Å². The van der Waals surface area contributed by atoms with E-state index in [-0.39, 0.29) is 11.2 Å². The van der Waals surface area contributed by atoms with E-state index in [2.05, 4.69) is 10.9 Å². The predicted molar refractivity (Wildman–Crippen MR) is 83.9 cm³/mol. The number of carbonyl (C=O) groups is 2. The van der Waals surface area contributed by atoms with E-state index in [1.807, 2.05) is 0 Å². The van der Waals surface area contributed by atoms with E-state index in [0.29, 0.717) is 16.5 Å². The van der Waals surface area contributed by atoms with Crippen molar-refractivity contribution in [3.8, 4) is 0 Å². The van der Waals surface area contributed by atoms with Crippen molar-refractivity contribution in [1.82, 2.24) is 10.9 Å². The van der Waals surface area contributed by atoms with Crippen LogP contribution in [0.25, 0.3) is 11.0 Å². The third-order valence-electron chi connectivity index (χ3n) is 3.18. The van der Waals surface area contributed by atoms with Gasteiger partial charge in [0, 0.05) is 11.6 Å². The molecule has 0 atom stereocenters. The molecule has 0 bridgehead atoms. The first kappa shape index (κ1) is 14.5. The van der Waals surface area contributed by atoms with E-state index in [9.17, 15) is 14.4 Å². The maximum atomic E-state index is 12.0. The highest BCUT2D eigenvalue weighted by atomic mass is 16.3. The number of hydrazine groups is 1. The van der Waals surface area contributed by atoms with Crippen LogP contribution in [0.3, 0.4) is 0 Å². The van der Waals surface area contributed by atoms with Crippen LogP contribution < -0.4 is 16.3 Å². The zero-order chi connectivity index (χ0) is 16.2. The van der Waals surface area contributed by atoms with Crippen molar-refractivity contribution in [2.45, 2.75) is 0 Å². The van der Waals surface area contributed by atoms with Gasteiger partial charge in [-0.05, 0) is 24.3 Å². The highest BCUT2D eigenvalue weighted by molar-refractivity contribution is 5.98. The number of amides is 2. The van der Waals surface area contributed by atoms with E-state index in [0.717, 1.165) is 6.07 Å². The predicted octanol–water partition coefficient (Wildman–Crippen LogP) is 1.87. The monoisotopic (exact) mass is 308 g/mol. The van der Waals surface area contributed by atoms with Crippen LogP contribution in [0.15, 0.2) is 69.9 Å². The van der Waals surface area contributed by atoms with Crippen molar-refractivity contribution in [1.29, 1.82) is 0 Å². The SMILES string of the molecule is O=C(NNC(=O)c1cc(=O)c2ccccc2o1)c1ccccc1. The van der Waals surface area contributed by atoms with Gasteiger partial charge in [0.1, 0.15) is 5.58 Å². The fourth-order valence-electron chi connectivity index (χ4n) is 2.05. The normalized spacial score (nSPS) is 10.3. The van der Waals surface area contributed by atoms with Crippen LogP contribution in [-0.2, 0) is 0 Å². The Morgan fingerprint density at radius 3 is 2.26 bits per heavy atom. The summed E-state index contributed by atoms with van der Waals surface area (Å²) in [4.78, 5) is 35.8. The molecule has 6 nitrogen and oxygen atoms in total. The number of hydrogen-bond acceptors (Lipinski definition) is 4. The van der Waals surface area contributed by atoms with E-state index in [1.165, 1.54) is 0 Å². The van der Waals surface area contributed by atoms with E-state index < -0.39 is 11.8 Å². The summed E-state index contributed by atoms with van der Waals surface area (Å²) in [6, 6.07) is 16.1. The number of nitrogens with one attached hydrogen (secondary N) is 2. The van der Waals surface area contributed by atoms with Crippen LogP contribution in [0.2, 0.25) is 0 Å². The maximum Gasteiger partial charge on any atom is 0.305 e. The van der Waals surface area contributed by atoms with Crippen molar-refractivity contribution in [2.24, 2.45) is 0 Å². The van der Waals surface area contributed by atoms with Crippen LogP contribution in [0, 0.1) is 0 Å². The van der Waals surface area contributed by atoms with Crippen LogP contribution >= 0.6 is 0 Å². The van der Waals surface area contributed by atoms with Crippen LogP contribution in [0.4, 0.5) is 0 Å². The Hall–Kier alpha value is -3.41. The maximum absolute atomic E-state index is 12.0. The summed E-state index contributed by atoms with van der Waals surface area (Å²) >= 11 is 0. The molecule has 0 radical (unpaired) electrons. The first-order valence-electron chi connectivity index (χ1n) is 6.84. The Bertz CT molecular complexity index is 932. The number of para-hydroxylation sites is 1. The Morgan fingerprint density at radius 2 is 1.48 bits per heavy atom. The van der Waals surface area contributed by atoms with Crippen molar-refractivity contribution < 1.29 is 14.0 Å². The molecule has 0 spiro atoms. The molecule has 3 rings (SSSR count). The molecule has 1 aromatic heterocycles. The molecular formula is C17H12N2O4. The van der Waals surface area contributed by atoms with Crippen LogP contribution in [0.1, 0.15) is 20.9 Å². The smallest absolute Gasteiger partial charge is 0.305 e. The Labute approximate surface area is 130 Å². The summed E-state index contributed by atoms with van der Waals surface area (Å²) in [7, 11) is 0. The first-order chi connectivity index (χ1) is 11.1. The van der Waals surface area contributed by atoms with Crippen molar-refractivity contribution in [2.75, 3.05) is 0 Å². The number of hydrogen-bond donors (Lipinski definition) is 2. The van der Waals surface area contributed by atoms with Crippen LogP contribution in [-0.4, -0.2) is 11.8 Å². The highest BCUT2D eigenvalue weighted by Gasteiger charge is 2.13. The number of benzene rings is 2. The zero-order valence-electron chi connectivity index (χ0n) is 11.9. The van der Waals surface area contributed by atoms with E-state index in [4.69, 9.17) is 4.42 Å². The Morgan fingerprint density at radius 1 is 0.826 bits per heavy atom. The second kappa shape index (κ2) is 6.15. The molecule has 6 heteroatoms. The summed E-state index contributed by atoms with van der Waals surface area (Å²) in [5, 5.41) is 0.386. The number of carbonyl (C=O) groups excluding carboxylic acids is 2. The minimum absolute atomic E-state index is 0.179. The molecule has 0 fully saturated rings. The molecule has 0 aliphatic heterocycles. The fraction of sp³-hybridized carbons (Fsp3) is 0. The van der Waals surface area contributed by atoms with Gasteiger partial charge in [-0.1, -0.05) is 30.3 Å². The van der Waals surface area contributed by atoms with E-state index in [1.54, 1.807) is 54.6 Å². The highest BCUT2D eigenvalue weighted by Crippen LogP contribution is 2.11. The quantitative estimate of drug-likeness (QED) is 0.707. The molecule has 114 valence electrons. The molecule has 0 saturated carbocycles. The Kier molecular flexibility index (Phi) is 3.88. The molecule has 0 aliphatic rings. The molecule has 2 aromatic carbocycles. The zero-order valence-corrected chi connectivity index (χ0v) is 11.9. The molecule has 3 aromatic rings. The Balaban J connectivity index is 1.76. The molecule has 0 saturated heterocycles. The lowest BCUT2D eigenvalue weighted by Gasteiger charge is -2.07. The number of rotatable bonds is 2. The molecule has 0 unspecified atom stereocenters. The summed E-state index contributed by atoms with van der Waals surface area (Å²) in [6.07, 6.45) is 0. The van der Waals surface area contributed by atoms with Gasteiger partial charge >= 0.3 is 5.91 Å². The molecule has 0 aliphatic carbocycles. The average molecular weight is 308 g/mol. The number of fused-ring (bicyclic) bond motifs is 1. The van der Waals surface area contributed by atoms with Gasteiger partial charge in [0.2, 0.25) is 0 Å². The van der Waals surface area contributed by atoms with Crippen LogP contribution in [0.5, 0.6) is 0 Å². The molecule has 2 N–H and O–H groups in total. The van der Waals surface area contributed by atoms with Crippen molar-refractivity contribution >= 4 is 22.8 Å². The first-order valence-corrected chi connectivity index (χ1v) is 6.84. The molecular weight excluding hydrogens is 296 g/mol. The van der Waals surface area contributed by atoms with Gasteiger partial charge in [0.25, 0.3) is 5.91 Å².